The molecule has 0 aromatic heterocycles. The standard InChI is InChI=1S/C17H22ClNO/c1-13(2)19-10-12-20-11-9-14-7-8-17(18)16-6-4-3-5-15(14)16/h3-8,13,19H,9-12H2,1-2H3. The number of hydrogen-bond acceptors (Lipinski definition) is 2. The monoisotopic (exact) mass is 291 g/mol. The topological polar surface area (TPSA) is 21.3 Å². The SMILES string of the molecule is CC(C)NCCOCCc1ccc(Cl)c2ccccc12. The molecule has 3 heteroatoms. The molecule has 0 unspecified atom stereocenters. The van der Waals surface area contributed by atoms with E-state index in [9.17, 15) is 0 Å². The summed E-state index contributed by atoms with van der Waals surface area (Å²) < 4.78 is 5.67. The van der Waals surface area contributed by atoms with Crippen molar-refractivity contribution in [3.63, 3.8) is 0 Å². The molecule has 0 bridgehead atoms. The maximum absolute atomic E-state index is 6.22. The lowest BCUT2D eigenvalue weighted by Gasteiger charge is -2.10. The Labute approximate surface area is 126 Å². The maximum atomic E-state index is 6.22. The van der Waals surface area contributed by atoms with Gasteiger partial charge >= 0.3 is 0 Å². The maximum Gasteiger partial charge on any atom is 0.0591 e. The zero-order valence-corrected chi connectivity index (χ0v) is 12.9. The normalized spacial score (nSPS) is 11.4. The second kappa shape index (κ2) is 7.63. The highest BCUT2D eigenvalue weighted by Gasteiger charge is 2.04. The molecule has 0 saturated carbocycles. The average molecular weight is 292 g/mol. The summed E-state index contributed by atoms with van der Waals surface area (Å²) in [6, 6.07) is 12.8. The molecule has 0 atom stereocenters. The Bertz CT molecular complexity index is 554. The van der Waals surface area contributed by atoms with Gasteiger partial charge in [0, 0.05) is 23.0 Å². The summed E-state index contributed by atoms with van der Waals surface area (Å²) in [5.41, 5.74) is 1.29. The molecule has 0 fully saturated rings. The summed E-state index contributed by atoms with van der Waals surface area (Å²) >= 11 is 6.22. The van der Waals surface area contributed by atoms with Gasteiger partial charge < -0.3 is 10.1 Å². The number of fused-ring (bicyclic) bond motifs is 1. The van der Waals surface area contributed by atoms with Crippen molar-refractivity contribution in [2.75, 3.05) is 19.8 Å². The Morgan fingerprint density at radius 3 is 2.55 bits per heavy atom. The Morgan fingerprint density at radius 1 is 1.05 bits per heavy atom. The summed E-state index contributed by atoms with van der Waals surface area (Å²) in [6.45, 7) is 6.67. The molecule has 2 rings (SSSR count). The molecule has 0 saturated heterocycles. The van der Waals surface area contributed by atoms with Crippen LogP contribution in [0.3, 0.4) is 0 Å². The highest BCUT2D eigenvalue weighted by molar-refractivity contribution is 6.35. The van der Waals surface area contributed by atoms with Gasteiger partial charge in [-0.1, -0.05) is 55.8 Å². The third kappa shape index (κ3) is 4.20. The zero-order chi connectivity index (χ0) is 14.4. The molecule has 20 heavy (non-hydrogen) atoms. The number of hydrogen-bond donors (Lipinski definition) is 1. The van der Waals surface area contributed by atoms with Gasteiger partial charge in [0.05, 0.1) is 13.2 Å². The number of rotatable bonds is 7. The second-order valence-electron chi connectivity index (χ2n) is 5.22. The summed E-state index contributed by atoms with van der Waals surface area (Å²) in [7, 11) is 0. The van der Waals surface area contributed by atoms with Crippen LogP contribution in [0.2, 0.25) is 5.02 Å². The first-order chi connectivity index (χ1) is 9.68. The predicted molar refractivity (Wildman–Crippen MR) is 86.6 cm³/mol. The fourth-order valence-corrected chi connectivity index (χ4v) is 2.47. The molecule has 0 aliphatic carbocycles. The largest absolute Gasteiger partial charge is 0.380 e. The molecule has 1 N–H and O–H groups in total. The number of ether oxygens (including phenoxy) is 1. The molecule has 108 valence electrons. The van der Waals surface area contributed by atoms with Crippen LogP contribution < -0.4 is 5.32 Å². The third-order valence-electron chi connectivity index (χ3n) is 3.28. The Morgan fingerprint density at radius 2 is 1.80 bits per heavy atom. The van der Waals surface area contributed by atoms with Crippen LogP contribution in [0.4, 0.5) is 0 Å². The van der Waals surface area contributed by atoms with E-state index in [1.54, 1.807) is 0 Å². The number of nitrogens with one attached hydrogen (secondary N) is 1. The van der Waals surface area contributed by atoms with Gasteiger partial charge in [-0.25, -0.2) is 0 Å². The number of halogens is 1. The van der Waals surface area contributed by atoms with Crippen LogP contribution in [-0.2, 0) is 11.2 Å². The van der Waals surface area contributed by atoms with Crippen LogP contribution >= 0.6 is 11.6 Å². The fraction of sp³-hybridized carbons (Fsp3) is 0.412. The van der Waals surface area contributed by atoms with Gasteiger partial charge in [-0.2, -0.15) is 0 Å². The van der Waals surface area contributed by atoms with E-state index >= 15 is 0 Å². The molecule has 0 spiro atoms. The zero-order valence-electron chi connectivity index (χ0n) is 12.2. The lowest BCUT2D eigenvalue weighted by molar-refractivity contribution is 0.137. The van der Waals surface area contributed by atoms with Gasteiger partial charge in [-0.3, -0.25) is 0 Å². The molecule has 0 radical (unpaired) electrons. The van der Waals surface area contributed by atoms with E-state index in [2.05, 4.69) is 43.4 Å². The van der Waals surface area contributed by atoms with Crippen molar-refractivity contribution in [1.82, 2.24) is 5.32 Å². The summed E-state index contributed by atoms with van der Waals surface area (Å²) in [6.07, 6.45) is 0.916. The van der Waals surface area contributed by atoms with Crippen LogP contribution in [-0.4, -0.2) is 25.8 Å². The third-order valence-corrected chi connectivity index (χ3v) is 3.61. The van der Waals surface area contributed by atoms with Crippen molar-refractivity contribution in [2.45, 2.75) is 26.3 Å². The highest BCUT2D eigenvalue weighted by atomic mass is 35.5. The first-order valence-corrected chi connectivity index (χ1v) is 7.53. The predicted octanol–water partition coefficient (Wildman–Crippen LogP) is 4.05. The minimum absolute atomic E-state index is 0.513. The van der Waals surface area contributed by atoms with Crippen molar-refractivity contribution in [3.05, 3.63) is 47.0 Å². The molecule has 2 aromatic carbocycles. The molecule has 0 amide bonds. The van der Waals surface area contributed by atoms with Gasteiger partial charge in [0.15, 0.2) is 0 Å². The molecule has 0 heterocycles. The summed E-state index contributed by atoms with van der Waals surface area (Å²) in [5, 5.41) is 6.49. The second-order valence-corrected chi connectivity index (χ2v) is 5.63. The van der Waals surface area contributed by atoms with E-state index in [1.165, 1.54) is 10.9 Å². The van der Waals surface area contributed by atoms with Gasteiger partial charge in [-0.15, -0.1) is 0 Å². The molecular weight excluding hydrogens is 270 g/mol. The van der Waals surface area contributed by atoms with Crippen LogP contribution in [0, 0.1) is 0 Å². The van der Waals surface area contributed by atoms with E-state index in [-0.39, 0.29) is 0 Å². The molecular formula is C17H22ClNO. The van der Waals surface area contributed by atoms with Crippen molar-refractivity contribution >= 4 is 22.4 Å². The van der Waals surface area contributed by atoms with Gasteiger partial charge in [-0.05, 0) is 23.4 Å². The smallest absolute Gasteiger partial charge is 0.0591 e. The minimum Gasteiger partial charge on any atom is -0.380 e. The van der Waals surface area contributed by atoms with E-state index in [0.717, 1.165) is 36.6 Å². The quantitative estimate of drug-likeness (QED) is 0.777. The molecule has 0 aliphatic heterocycles. The lowest BCUT2D eigenvalue weighted by Crippen LogP contribution is -2.26. The first-order valence-electron chi connectivity index (χ1n) is 7.15. The summed E-state index contributed by atoms with van der Waals surface area (Å²) in [5.74, 6) is 0. The van der Waals surface area contributed by atoms with Crippen LogP contribution in [0.25, 0.3) is 10.8 Å². The fourth-order valence-electron chi connectivity index (χ4n) is 2.25. The van der Waals surface area contributed by atoms with E-state index < -0.39 is 0 Å². The lowest BCUT2D eigenvalue weighted by atomic mass is 10.0. The van der Waals surface area contributed by atoms with E-state index in [4.69, 9.17) is 16.3 Å². The van der Waals surface area contributed by atoms with Gasteiger partial charge in [0.25, 0.3) is 0 Å². The van der Waals surface area contributed by atoms with Crippen LogP contribution in [0.5, 0.6) is 0 Å². The average Bonchev–Trinajstić information content (AvgIpc) is 2.45. The van der Waals surface area contributed by atoms with Crippen molar-refractivity contribution in [3.8, 4) is 0 Å². The Hall–Kier alpha value is -1.09. The van der Waals surface area contributed by atoms with Crippen LogP contribution in [0.15, 0.2) is 36.4 Å². The molecule has 0 aliphatic rings. The summed E-state index contributed by atoms with van der Waals surface area (Å²) in [4.78, 5) is 0. The number of benzene rings is 2. The van der Waals surface area contributed by atoms with Crippen LogP contribution in [0.1, 0.15) is 19.4 Å². The van der Waals surface area contributed by atoms with Crippen molar-refractivity contribution in [1.29, 1.82) is 0 Å². The Balaban J connectivity index is 1.89. The Kier molecular flexibility index (Phi) is 5.84. The van der Waals surface area contributed by atoms with Crippen molar-refractivity contribution in [2.24, 2.45) is 0 Å². The van der Waals surface area contributed by atoms with E-state index in [0.29, 0.717) is 6.04 Å². The minimum atomic E-state index is 0.513. The first kappa shape index (κ1) is 15.3. The van der Waals surface area contributed by atoms with E-state index in [1.807, 2.05) is 12.1 Å². The molecule has 2 aromatic rings. The molecule has 2 nitrogen and oxygen atoms in total. The van der Waals surface area contributed by atoms with Gasteiger partial charge in [0.1, 0.15) is 0 Å². The highest BCUT2D eigenvalue weighted by Crippen LogP contribution is 2.26. The van der Waals surface area contributed by atoms with Crippen molar-refractivity contribution < 1.29 is 4.74 Å². The van der Waals surface area contributed by atoms with Gasteiger partial charge in [0.2, 0.25) is 0 Å².